The van der Waals surface area contributed by atoms with Crippen LogP contribution >= 0.6 is 11.6 Å². The summed E-state index contributed by atoms with van der Waals surface area (Å²) in [6, 6.07) is 6.97. The van der Waals surface area contributed by atoms with Crippen molar-refractivity contribution in [1.82, 2.24) is 15.2 Å². The summed E-state index contributed by atoms with van der Waals surface area (Å²) in [5.74, 6) is -0.262. The highest BCUT2D eigenvalue weighted by Gasteiger charge is 2.37. The van der Waals surface area contributed by atoms with Crippen LogP contribution in [0, 0.1) is 5.82 Å². The van der Waals surface area contributed by atoms with Crippen molar-refractivity contribution >= 4 is 22.6 Å². The van der Waals surface area contributed by atoms with Gasteiger partial charge in [-0.3, -0.25) is 5.10 Å². The lowest BCUT2D eigenvalue weighted by molar-refractivity contribution is 0.252. The molecular weight excluding hydrogens is 315 g/mol. The average Bonchev–Trinajstić information content (AvgIpc) is 2.88. The molecule has 0 radical (unpaired) electrons. The second kappa shape index (κ2) is 5.28. The largest absolute Gasteiger partial charge is 0.330 e. The number of hydrogen-bond donors (Lipinski definition) is 2. The first-order valence-electron chi connectivity index (χ1n) is 7.63. The van der Waals surface area contributed by atoms with Crippen LogP contribution < -0.4 is 5.73 Å². The maximum atomic E-state index is 14.3. The molecule has 1 aliphatic carbocycles. The Morgan fingerprint density at radius 3 is 2.83 bits per heavy atom. The number of aromatic nitrogens is 3. The maximum absolute atomic E-state index is 14.3. The molecule has 3 aromatic rings. The summed E-state index contributed by atoms with van der Waals surface area (Å²) in [6.07, 6.45) is 4.81. The summed E-state index contributed by atoms with van der Waals surface area (Å²) in [5, 5.41) is 7.82. The molecule has 4 rings (SSSR count). The quantitative estimate of drug-likeness (QED) is 0.767. The molecule has 2 aromatic heterocycles. The minimum absolute atomic E-state index is 0.0941. The monoisotopic (exact) mass is 330 g/mol. The van der Waals surface area contributed by atoms with Crippen molar-refractivity contribution in [2.45, 2.75) is 24.7 Å². The smallest absolute Gasteiger partial charge is 0.160 e. The number of nitrogens with one attached hydrogen (secondary N) is 1. The van der Waals surface area contributed by atoms with E-state index in [4.69, 9.17) is 17.3 Å². The zero-order valence-electron chi connectivity index (χ0n) is 12.4. The van der Waals surface area contributed by atoms with Gasteiger partial charge in [-0.05, 0) is 47.7 Å². The van der Waals surface area contributed by atoms with Crippen LogP contribution in [-0.4, -0.2) is 21.7 Å². The number of pyridine rings is 1. The molecule has 1 fully saturated rings. The third-order valence-electron chi connectivity index (χ3n) is 4.94. The van der Waals surface area contributed by atoms with Crippen molar-refractivity contribution in [3.8, 4) is 11.1 Å². The minimum Gasteiger partial charge on any atom is -0.330 e. The minimum atomic E-state index is -0.262. The molecule has 118 valence electrons. The molecule has 3 N–H and O–H groups in total. The second-order valence-corrected chi connectivity index (χ2v) is 6.52. The van der Waals surface area contributed by atoms with Crippen LogP contribution in [0.5, 0.6) is 0 Å². The SMILES string of the molecule is NCC1(c2cc(F)cc(-c3ccnc4[nH]nc(Cl)c34)c2)CCC1. The van der Waals surface area contributed by atoms with E-state index in [1.807, 2.05) is 12.1 Å². The van der Waals surface area contributed by atoms with E-state index in [1.165, 1.54) is 6.07 Å². The van der Waals surface area contributed by atoms with Crippen LogP contribution in [0.15, 0.2) is 30.5 Å². The van der Waals surface area contributed by atoms with Crippen LogP contribution in [0.25, 0.3) is 22.2 Å². The molecule has 6 heteroatoms. The Labute approximate surface area is 137 Å². The number of aromatic amines is 1. The predicted octanol–water partition coefficient (Wildman–Crippen LogP) is 3.80. The molecule has 1 saturated carbocycles. The number of rotatable bonds is 3. The maximum Gasteiger partial charge on any atom is 0.160 e. The number of H-pyrrole nitrogens is 1. The Hall–Kier alpha value is -1.98. The standard InChI is InChI=1S/C17H16ClFN4/c18-15-14-13(2-5-21-16(14)23-22-15)10-6-11(8-12(19)7-10)17(9-20)3-1-4-17/h2,5-8H,1,3-4,9,20H2,(H,21,22,23). The van der Waals surface area contributed by atoms with Gasteiger partial charge in [-0.1, -0.05) is 24.1 Å². The van der Waals surface area contributed by atoms with Gasteiger partial charge in [-0.2, -0.15) is 5.10 Å². The fourth-order valence-electron chi connectivity index (χ4n) is 3.42. The van der Waals surface area contributed by atoms with Crippen molar-refractivity contribution in [2.75, 3.05) is 6.54 Å². The van der Waals surface area contributed by atoms with E-state index in [-0.39, 0.29) is 11.2 Å². The molecule has 0 saturated heterocycles. The van der Waals surface area contributed by atoms with E-state index in [1.54, 1.807) is 12.3 Å². The molecule has 0 spiro atoms. The van der Waals surface area contributed by atoms with Crippen LogP contribution in [-0.2, 0) is 5.41 Å². The molecule has 23 heavy (non-hydrogen) atoms. The Morgan fingerprint density at radius 2 is 2.13 bits per heavy atom. The molecule has 1 aromatic carbocycles. The molecule has 4 nitrogen and oxygen atoms in total. The fourth-order valence-corrected chi connectivity index (χ4v) is 3.65. The van der Waals surface area contributed by atoms with Gasteiger partial charge in [0.05, 0.1) is 5.39 Å². The second-order valence-electron chi connectivity index (χ2n) is 6.16. The van der Waals surface area contributed by atoms with Crippen molar-refractivity contribution < 1.29 is 4.39 Å². The van der Waals surface area contributed by atoms with Gasteiger partial charge in [0, 0.05) is 18.2 Å². The summed E-state index contributed by atoms with van der Waals surface area (Å²) in [4.78, 5) is 4.21. The van der Waals surface area contributed by atoms with E-state index < -0.39 is 0 Å². The Balaban J connectivity index is 1.92. The molecule has 0 bridgehead atoms. The molecule has 0 unspecified atom stereocenters. The van der Waals surface area contributed by atoms with E-state index in [0.29, 0.717) is 22.7 Å². The summed E-state index contributed by atoms with van der Waals surface area (Å²) in [5.41, 5.74) is 9.03. The zero-order chi connectivity index (χ0) is 16.0. The molecule has 1 aliphatic rings. The number of nitrogens with two attached hydrogens (primary N) is 1. The Morgan fingerprint density at radius 1 is 1.30 bits per heavy atom. The summed E-state index contributed by atoms with van der Waals surface area (Å²) < 4.78 is 14.3. The normalized spacial score (nSPS) is 16.5. The first-order valence-corrected chi connectivity index (χ1v) is 8.01. The highest BCUT2D eigenvalue weighted by molar-refractivity contribution is 6.35. The third-order valence-corrected chi connectivity index (χ3v) is 5.21. The van der Waals surface area contributed by atoms with Crippen molar-refractivity contribution in [2.24, 2.45) is 5.73 Å². The highest BCUT2D eigenvalue weighted by Crippen LogP contribution is 2.44. The van der Waals surface area contributed by atoms with Gasteiger partial charge in [0.2, 0.25) is 0 Å². The number of halogens is 2. The highest BCUT2D eigenvalue weighted by atomic mass is 35.5. The number of nitrogens with zero attached hydrogens (tertiary/aromatic N) is 2. The van der Waals surface area contributed by atoms with Gasteiger partial charge in [0.15, 0.2) is 10.8 Å². The van der Waals surface area contributed by atoms with Crippen molar-refractivity contribution in [3.05, 3.63) is 47.0 Å². The van der Waals surface area contributed by atoms with Gasteiger partial charge in [-0.25, -0.2) is 9.37 Å². The average molecular weight is 331 g/mol. The lowest BCUT2D eigenvalue weighted by Gasteiger charge is -2.41. The van der Waals surface area contributed by atoms with Gasteiger partial charge >= 0.3 is 0 Å². The van der Waals surface area contributed by atoms with Gasteiger partial charge < -0.3 is 5.73 Å². The summed E-state index contributed by atoms with van der Waals surface area (Å²) >= 11 is 6.17. The summed E-state index contributed by atoms with van der Waals surface area (Å²) in [6.45, 7) is 0.536. The predicted molar refractivity (Wildman–Crippen MR) is 88.9 cm³/mol. The molecule has 0 amide bonds. The van der Waals surface area contributed by atoms with Gasteiger partial charge in [0.1, 0.15) is 5.82 Å². The molecular formula is C17H16ClFN4. The van der Waals surface area contributed by atoms with Gasteiger partial charge in [-0.15, -0.1) is 0 Å². The first-order chi connectivity index (χ1) is 11.1. The van der Waals surface area contributed by atoms with Gasteiger partial charge in [0.25, 0.3) is 0 Å². The van der Waals surface area contributed by atoms with E-state index in [9.17, 15) is 4.39 Å². The summed E-state index contributed by atoms with van der Waals surface area (Å²) in [7, 11) is 0. The van der Waals surface area contributed by atoms with E-state index >= 15 is 0 Å². The van der Waals surface area contributed by atoms with E-state index in [2.05, 4.69) is 15.2 Å². The molecule has 0 atom stereocenters. The zero-order valence-corrected chi connectivity index (χ0v) is 13.2. The topological polar surface area (TPSA) is 67.6 Å². The lowest BCUT2D eigenvalue weighted by atomic mass is 9.64. The third kappa shape index (κ3) is 2.23. The fraction of sp³-hybridized carbons (Fsp3) is 0.294. The van der Waals surface area contributed by atoms with Crippen LogP contribution in [0.1, 0.15) is 24.8 Å². The van der Waals surface area contributed by atoms with E-state index in [0.717, 1.165) is 36.0 Å². The Bertz CT molecular complexity index is 880. The van der Waals surface area contributed by atoms with Crippen LogP contribution in [0.4, 0.5) is 4.39 Å². The lowest BCUT2D eigenvalue weighted by Crippen LogP contribution is -2.41. The Kier molecular flexibility index (Phi) is 3.36. The molecule has 2 heterocycles. The number of fused-ring (bicyclic) bond motifs is 1. The van der Waals surface area contributed by atoms with Crippen molar-refractivity contribution in [1.29, 1.82) is 0 Å². The van der Waals surface area contributed by atoms with Crippen molar-refractivity contribution in [3.63, 3.8) is 0 Å². The van der Waals surface area contributed by atoms with Crippen LogP contribution in [0.3, 0.4) is 0 Å². The van der Waals surface area contributed by atoms with Crippen LogP contribution in [0.2, 0.25) is 5.15 Å². The number of benzene rings is 1. The molecule has 0 aliphatic heterocycles. The first kappa shape index (κ1) is 14.6. The number of hydrogen-bond acceptors (Lipinski definition) is 3.